The van der Waals surface area contributed by atoms with Gasteiger partial charge in [0.05, 0.1) is 11.4 Å². The Kier molecular flexibility index (Phi) is 3.64. The molecule has 1 aromatic carbocycles. The third-order valence-corrected chi connectivity index (χ3v) is 3.14. The second-order valence-corrected chi connectivity index (χ2v) is 4.73. The van der Waals surface area contributed by atoms with Gasteiger partial charge in [0, 0.05) is 12.7 Å². The minimum Gasteiger partial charge on any atom is -0.366 e. The fraction of sp³-hybridized carbons (Fsp3) is 0.125. The van der Waals surface area contributed by atoms with E-state index < -0.39 is 5.95 Å². The number of anilines is 1. The summed E-state index contributed by atoms with van der Waals surface area (Å²) in [6.07, 6.45) is 1.93. The molecule has 0 atom stereocenters. The molecule has 0 amide bonds. The van der Waals surface area contributed by atoms with Crippen LogP contribution in [0.1, 0.15) is 11.3 Å². The Labute approximate surface area is 122 Å². The number of hydrogen-bond donors (Lipinski definition) is 1. The minimum atomic E-state index is -0.490. The average molecular weight is 282 g/mol. The van der Waals surface area contributed by atoms with Gasteiger partial charge in [-0.3, -0.25) is 0 Å². The molecule has 3 aromatic rings. The predicted octanol–water partition coefficient (Wildman–Crippen LogP) is 3.33. The molecule has 106 valence electrons. The van der Waals surface area contributed by atoms with Crippen LogP contribution in [0.15, 0.2) is 54.7 Å². The van der Waals surface area contributed by atoms with E-state index in [1.807, 2.05) is 48.1 Å². The number of para-hydroxylation sites is 1. The zero-order valence-corrected chi connectivity index (χ0v) is 11.6. The van der Waals surface area contributed by atoms with Crippen LogP contribution in [0.5, 0.6) is 0 Å². The first-order valence-corrected chi connectivity index (χ1v) is 6.69. The summed E-state index contributed by atoms with van der Waals surface area (Å²) < 4.78 is 14.9. The monoisotopic (exact) mass is 282 g/mol. The van der Waals surface area contributed by atoms with Crippen molar-refractivity contribution in [1.82, 2.24) is 14.8 Å². The lowest BCUT2D eigenvalue weighted by Gasteiger charge is -2.11. The number of halogens is 1. The lowest BCUT2D eigenvalue weighted by Crippen LogP contribution is -2.07. The molecule has 2 aromatic heterocycles. The number of aromatic nitrogens is 3. The quantitative estimate of drug-likeness (QED) is 0.746. The van der Waals surface area contributed by atoms with Gasteiger partial charge in [-0.25, -0.2) is 9.67 Å². The van der Waals surface area contributed by atoms with E-state index in [2.05, 4.69) is 15.4 Å². The van der Waals surface area contributed by atoms with Crippen LogP contribution in [0, 0.1) is 12.9 Å². The summed E-state index contributed by atoms with van der Waals surface area (Å²) >= 11 is 0. The van der Waals surface area contributed by atoms with Crippen molar-refractivity contribution in [3.63, 3.8) is 0 Å². The van der Waals surface area contributed by atoms with Crippen molar-refractivity contribution in [2.75, 3.05) is 5.32 Å². The molecule has 0 spiro atoms. The molecule has 0 aliphatic heterocycles. The van der Waals surface area contributed by atoms with Gasteiger partial charge < -0.3 is 5.32 Å². The van der Waals surface area contributed by atoms with E-state index in [0.717, 1.165) is 16.9 Å². The maximum atomic E-state index is 13.1. The minimum absolute atomic E-state index is 0.490. The van der Waals surface area contributed by atoms with E-state index in [0.29, 0.717) is 12.4 Å². The van der Waals surface area contributed by atoms with Gasteiger partial charge in [-0.1, -0.05) is 24.3 Å². The highest BCUT2D eigenvalue weighted by molar-refractivity contribution is 5.43. The van der Waals surface area contributed by atoms with E-state index in [-0.39, 0.29) is 0 Å². The van der Waals surface area contributed by atoms with Crippen LogP contribution in [0.2, 0.25) is 0 Å². The molecule has 0 saturated carbocycles. The van der Waals surface area contributed by atoms with E-state index >= 15 is 0 Å². The lowest BCUT2D eigenvalue weighted by molar-refractivity contribution is 0.585. The molecule has 0 aliphatic rings. The molecule has 1 N–H and O–H groups in total. The number of hydrogen-bond acceptors (Lipinski definition) is 3. The van der Waals surface area contributed by atoms with Gasteiger partial charge in [-0.05, 0) is 36.8 Å². The number of pyridine rings is 1. The van der Waals surface area contributed by atoms with Gasteiger partial charge in [-0.15, -0.1) is 0 Å². The van der Waals surface area contributed by atoms with E-state index in [4.69, 9.17) is 0 Å². The second-order valence-electron chi connectivity index (χ2n) is 4.73. The second kappa shape index (κ2) is 5.75. The highest BCUT2D eigenvalue weighted by Crippen LogP contribution is 2.16. The molecule has 4 nitrogen and oxygen atoms in total. The van der Waals surface area contributed by atoms with Crippen molar-refractivity contribution in [2.24, 2.45) is 0 Å². The molecule has 2 heterocycles. The fourth-order valence-corrected chi connectivity index (χ4v) is 2.13. The Morgan fingerprint density at radius 2 is 1.95 bits per heavy atom. The van der Waals surface area contributed by atoms with Gasteiger partial charge in [0.1, 0.15) is 5.82 Å². The third kappa shape index (κ3) is 3.08. The van der Waals surface area contributed by atoms with Crippen LogP contribution >= 0.6 is 0 Å². The third-order valence-electron chi connectivity index (χ3n) is 3.14. The number of benzene rings is 1. The first-order valence-electron chi connectivity index (χ1n) is 6.69. The molecule has 0 aliphatic carbocycles. The van der Waals surface area contributed by atoms with Crippen LogP contribution in [-0.2, 0) is 6.54 Å². The normalized spacial score (nSPS) is 10.6. The predicted molar refractivity (Wildman–Crippen MR) is 79.8 cm³/mol. The van der Waals surface area contributed by atoms with Crippen LogP contribution in [0.4, 0.5) is 10.2 Å². The fourth-order valence-electron chi connectivity index (χ4n) is 2.13. The van der Waals surface area contributed by atoms with Crippen LogP contribution in [0.3, 0.4) is 0 Å². The van der Waals surface area contributed by atoms with Crippen LogP contribution < -0.4 is 5.32 Å². The van der Waals surface area contributed by atoms with Gasteiger partial charge in [0.15, 0.2) is 0 Å². The molecule has 21 heavy (non-hydrogen) atoms. The molecule has 0 bridgehead atoms. The molecule has 0 unspecified atom stereocenters. The van der Waals surface area contributed by atoms with Crippen molar-refractivity contribution in [1.29, 1.82) is 0 Å². The van der Waals surface area contributed by atoms with Gasteiger partial charge in [0.25, 0.3) is 0 Å². The first-order chi connectivity index (χ1) is 10.2. The van der Waals surface area contributed by atoms with Crippen LogP contribution in [0.25, 0.3) is 5.69 Å². The SMILES string of the molecule is Cc1ccn(-c2ccccc2CNc2cccc(F)n2)n1. The molecular formula is C16H15FN4. The van der Waals surface area contributed by atoms with Gasteiger partial charge in [0.2, 0.25) is 5.95 Å². The summed E-state index contributed by atoms with van der Waals surface area (Å²) in [5.74, 6) is 0.0254. The molecule has 0 fully saturated rings. The number of rotatable bonds is 4. The summed E-state index contributed by atoms with van der Waals surface area (Å²) in [5.41, 5.74) is 3.02. The smallest absolute Gasteiger partial charge is 0.214 e. The molecule has 0 radical (unpaired) electrons. The van der Waals surface area contributed by atoms with E-state index in [1.54, 1.807) is 12.1 Å². The summed E-state index contributed by atoms with van der Waals surface area (Å²) in [7, 11) is 0. The largest absolute Gasteiger partial charge is 0.366 e. The Morgan fingerprint density at radius 3 is 2.71 bits per heavy atom. The Hall–Kier alpha value is -2.69. The Morgan fingerprint density at radius 1 is 1.10 bits per heavy atom. The standard InChI is InChI=1S/C16H15FN4/c1-12-9-10-21(20-12)14-6-3-2-5-13(14)11-18-16-8-4-7-15(17)19-16/h2-10H,11H2,1H3,(H,18,19). The lowest BCUT2D eigenvalue weighted by atomic mass is 10.2. The van der Waals surface area contributed by atoms with Gasteiger partial charge >= 0.3 is 0 Å². The summed E-state index contributed by atoms with van der Waals surface area (Å²) in [6.45, 7) is 2.50. The van der Waals surface area contributed by atoms with Crippen LogP contribution in [-0.4, -0.2) is 14.8 Å². The Balaban J connectivity index is 1.83. The molecular weight excluding hydrogens is 267 g/mol. The van der Waals surface area contributed by atoms with Crippen molar-refractivity contribution < 1.29 is 4.39 Å². The summed E-state index contributed by atoms with van der Waals surface area (Å²) in [5, 5.41) is 7.55. The van der Waals surface area contributed by atoms with Crippen molar-refractivity contribution in [3.8, 4) is 5.69 Å². The Bertz CT molecular complexity index is 751. The summed E-state index contributed by atoms with van der Waals surface area (Å²) in [4.78, 5) is 3.79. The number of nitrogens with zero attached hydrogens (tertiary/aromatic N) is 3. The van der Waals surface area contributed by atoms with Crippen molar-refractivity contribution >= 4 is 5.82 Å². The molecule has 5 heteroatoms. The summed E-state index contributed by atoms with van der Waals surface area (Å²) in [6, 6.07) is 14.6. The maximum Gasteiger partial charge on any atom is 0.214 e. The topological polar surface area (TPSA) is 42.7 Å². The van der Waals surface area contributed by atoms with E-state index in [9.17, 15) is 4.39 Å². The maximum absolute atomic E-state index is 13.1. The zero-order valence-electron chi connectivity index (χ0n) is 11.6. The number of nitrogens with one attached hydrogen (secondary N) is 1. The van der Waals surface area contributed by atoms with Crippen molar-refractivity contribution in [2.45, 2.75) is 13.5 Å². The van der Waals surface area contributed by atoms with E-state index in [1.165, 1.54) is 6.07 Å². The average Bonchev–Trinajstić information content (AvgIpc) is 2.92. The number of aryl methyl sites for hydroxylation is 1. The van der Waals surface area contributed by atoms with Gasteiger partial charge in [-0.2, -0.15) is 9.49 Å². The van der Waals surface area contributed by atoms with Crippen molar-refractivity contribution in [3.05, 3.63) is 71.9 Å². The highest BCUT2D eigenvalue weighted by Gasteiger charge is 2.05. The zero-order chi connectivity index (χ0) is 14.7. The highest BCUT2D eigenvalue weighted by atomic mass is 19.1. The molecule has 3 rings (SSSR count). The first kappa shape index (κ1) is 13.3. The molecule has 0 saturated heterocycles.